The van der Waals surface area contributed by atoms with E-state index in [0.29, 0.717) is 22.6 Å². The number of nitrogen functional groups attached to an aromatic ring is 2. The van der Waals surface area contributed by atoms with Crippen LogP contribution in [0.25, 0.3) is 21.7 Å². The Balaban J connectivity index is 0.00000196. The van der Waals surface area contributed by atoms with Crippen LogP contribution in [0, 0.1) is 0 Å². The molecule has 26 heavy (non-hydrogen) atoms. The first-order valence-electron chi connectivity index (χ1n) is 8.06. The third-order valence-electron chi connectivity index (χ3n) is 4.58. The van der Waals surface area contributed by atoms with Crippen LogP contribution in [0.15, 0.2) is 66.7 Å². The van der Waals surface area contributed by atoms with Gasteiger partial charge < -0.3 is 28.4 Å². The summed E-state index contributed by atoms with van der Waals surface area (Å²) in [5, 5.41) is 2.96. The second kappa shape index (κ2) is 6.77. The van der Waals surface area contributed by atoms with Gasteiger partial charge in [-0.15, -0.1) is 0 Å². The van der Waals surface area contributed by atoms with Crippen molar-refractivity contribution in [3.8, 4) is 0 Å². The Hall–Kier alpha value is -2.92. The van der Waals surface area contributed by atoms with Gasteiger partial charge in [0.15, 0.2) is 0 Å². The molecule has 3 aromatic carbocycles. The van der Waals surface area contributed by atoms with Crippen LogP contribution in [-0.4, -0.2) is 5.78 Å². The lowest BCUT2D eigenvalue weighted by Gasteiger charge is -2.09. The minimum absolute atomic E-state index is 0. The SMILES string of the molecule is C[n+]1c(C(=O)c2ccc(N)cc2)c2cc(N)ccc2c2ccccc21.[Br-]. The molecule has 130 valence electrons. The summed E-state index contributed by atoms with van der Waals surface area (Å²) in [7, 11) is 1.91. The summed E-state index contributed by atoms with van der Waals surface area (Å²) in [6.07, 6.45) is 0. The summed E-state index contributed by atoms with van der Waals surface area (Å²) in [5.74, 6) is -0.0520. The molecular formula is C21H18BrN3O. The van der Waals surface area contributed by atoms with Crippen LogP contribution in [0.2, 0.25) is 0 Å². The van der Waals surface area contributed by atoms with Gasteiger partial charge in [-0.05, 0) is 42.5 Å². The van der Waals surface area contributed by atoms with Gasteiger partial charge in [-0.2, -0.15) is 4.57 Å². The smallest absolute Gasteiger partial charge is 0.261 e. The fourth-order valence-corrected chi connectivity index (χ4v) is 3.33. The summed E-state index contributed by atoms with van der Waals surface area (Å²) in [6.45, 7) is 0. The van der Waals surface area contributed by atoms with Crippen LogP contribution in [-0.2, 0) is 7.05 Å². The highest BCUT2D eigenvalue weighted by molar-refractivity contribution is 6.18. The fourth-order valence-electron chi connectivity index (χ4n) is 3.33. The summed E-state index contributed by atoms with van der Waals surface area (Å²) in [6, 6.07) is 20.8. The number of anilines is 2. The van der Waals surface area contributed by atoms with Gasteiger partial charge >= 0.3 is 0 Å². The van der Waals surface area contributed by atoms with E-state index in [1.807, 2.05) is 48.0 Å². The highest BCUT2D eigenvalue weighted by Gasteiger charge is 2.26. The second-order valence-electron chi connectivity index (χ2n) is 6.18. The van der Waals surface area contributed by atoms with Gasteiger partial charge in [-0.25, -0.2) is 0 Å². The molecule has 0 saturated carbocycles. The molecule has 0 bridgehead atoms. The molecule has 4 aromatic rings. The molecular weight excluding hydrogens is 390 g/mol. The Morgan fingerprint density at radius 3 is 2.19 bits per heavy atom. The summed E-state index contributed by atoms with van der Waals surface area (Å²) >= 11 is 0. The molecule has 0 aliphatic rings. The van der Waals surface area contributed by atoms with Crippen molar-refractivity contribution in [2.24, 2.45) is 7.05 Å². The third kappa shape index (κ3) is 2.80. The zero-order valence-electron chi connectivity index (χ0n) is 14.2. The number of halogens is 1. The van der Waals surface area contributed by atoms with Gasteiger partial charge in [0.05, 0.1) is 10.8 Å². The zero-order valence-corrected chi connectivity index (χ0v) is 15.8. The third-order valence-corrected chi connectivity index (χ3v) is 4.58. The number of hydrogen-bond donors (Lipinski definition) is 2. The van der Waals surface area contributed by atoms with Crippen LogP contribution in [0.5, 0.6) is 0 Å². The number of fused-ring (bicyclic) bond motifs is 3. The van der Waals surface area contributed by atoms with Crippen LogP contribution in [0.1, 0.15) is 16.1 Å². The van der Waals surface area contributed by atoms with E-state index in [4.69, 9.17) is 11.5 Å². The number of rotatable bonds is 2. The summed E-state index contributed by atoms with van der Waals surface area (Å²) in [5.41, 5.74) is 15.2. The number of benzene rings is 3. The quantitative estimate of drug-likeness (QED) is 0.216. The van der Waals surface area contributed by atoms with Crippen molar-refractivity contribution >= 4 is 38.8 Å². The first-order valence-corrected chi connectivity index (χ1v) is 8.06. The van der Waals surface area contributed by atoms with Crippen molar-refractivity contribution in [1.29, 1.82) is 0 Å². The van der Waals surface area contributed by atoms with E-state index in [9.17, 15) is 4.79 Å². The van der Waals surface area contributed by atoms with Crippen LogP contribution in [0.4, 0.5) is 11.4 Å². The van der Waals surface area contributed by atoms with Gasteiger partial charge in [-0.3, -0.25) is 4.79 Å². The van der Waals surface area contributed by atoms with Crippen LogP contribution < -0.4 is 33.0 Å². The number of carbonyl (C=O) groups excluding carboxylic acids is 1. The molecule has 4 N–H and O–H groups in total. The summed E-state index contributed by atoms with van der Waals surface area (Å²) in [4.78, 5) is 13.2. The minimum Gasteiger partial charge on any atom is -1.00 e. The average Bonchev–Trinajstić information content (AvgIpc) is 2.62. The van der Waals surface area contributed by atoms with Crippen molar-refractivity contribution < 1.29 is 26.3 Å². The predicted molar refractivity (Wildman–Crippen MR) is 101 cm³/mol. The minimum atomic E-state index is -0.0520. The Labute approximate surface area is 161 Å². The highest BCUT2D eigenvalue weighted by Crippen LogP contribution is 2.28. The zero-order chi connectivity index (χ0) is 17.6. The largest absolute Gasteiger partial charge is 1.00 e. The van der Waals surface area contributed by atoms with Crippen molar-refractivity contribution in [3.05, 3.63) is 78.0 Å². The maximum atomic E-state index is 13.2. The van der Waals surface area contributed by atoms with E-state index >= 15 is 0 Å². The number of aryl methyl sites for hydroxylation is 1. The number of hydrogen-bond acceptors (Lipinski definition) is 3. The molecule has 4 nitrogen and oxygen atoms in total. The lowest BCUT2D eigenvalue weighted by Crippen LogP contribution is -3.00. The molecule has 0 unspecified atom stereocenters. The Morgan fingerprint density at radius 2 is 1.46 bits per heavy atom. The molecule has 5 heteroatoms. The monoisotopic (exact) mass is 407 g/mol. The molecule has 0 fully saturated rings. The van der Waals surface area contributed by atoms with E-state index in [1.54, 1.807) is 24.3 Å². The predicted octanol–water partition coefficient (Wildman–Crippen LogP) is 0.217. The van der Waals surface area contributed by atoms with Gasteiger partial charge in [0, 0.05) is 28.4 Å². The first kappa shape index (κ1) is 17.9. The van der Waals surface area contributed by atoms with Crippen molar-refractivity contribution in [2.75, 3.05) is 11.5 Å². The van der Waals surface area contributed by atoms with E-state index < -0.39 is 0 Å². The number of para-hydroxylation sites is 1. The fraction of sp³-hybridized carbons (Fsp3) is 0.0476. The normalized spacial score (nSPS) is 10.7. The van der Waals surface area contributed by atoms with E-state index in [1.165, 1.54) is 0 Å². The van der Waals surface area contributed by atoms with E-state index in [-0.39, 0.29) is 22.8 Å². The number of pyridine rings is 1. The molecule has 0 aliphatic carbocycles. The van der Waals surface area contributed by atoms with Gasteiger partial charge in [0.2, 0.25) is 5.52 Å². The van der Waals surface area contributed by atoms with Crippen molar-refractivity contribution in [3.63, 3.8) is 0 Å². The Morgan fingerprint density at radius 1 is 0.808 bits per heavy atom. The first-order chi connectivity index (χ1) is 12.1. The maximum absolute atomic E-state index is 13.2. The van der Waals surface area contributed by atoms with E-state index in [2.05, 4.69) is 6.07 Å². The number of ketones is 1. The summed E-state index contributed by atoms with van der Waals surface area (Å²) < 4.78 is 1.94. The van der Waals surface area contributed by atoms with Crippen LogP contribution in [0.3, 0.4) is 0 Å². The molecule has 0 amide bonds. The topological polar surface area (TPSA) is 73.0 Å². The van der Waals surface area contributed by atoms with Crippen molar-refractivity contribution in [1.82, 2.24) is 0 Å². The molecule has 4 rings (SSSR count). The second-order valence-corrected chi connectivity index (χ2v) is 6.18. The maximum Gasteiger partial charge on any atom is 0.261 e. The van der Waals surface area contributed by atoms with Gasteiger partial charge in [0.25, 0.3) is 11.5 Å². The van der Waals surface area contributed by atoms with Gasteiger partial charge in [-0.1, -0.05) is 18.2 Å². The highest BCUT2D eigenvalue weighted by atomic mass is 79.9. The Kier molecular flexibility index (Phi) is 4.66. The number of carbonyl (C=O) groups is 1. The van der Waals surface area contributed by atoms with E-state index in [0.717, 1.165) is 21.7 Å². The molecule has 0 aliphatic heterocycles. The van der Waals surface area contributed by atoms with Crippen molar-refractivity contribution in [2.45, 2.75) is 0 Å². The van der Waals surface area contributed by atoms with Gasteiger partial charge in [0.1, 0.15) is 7.05 Å². The molecule has 0 radical (unpaired) electrons. The molecule has 0 atom stereocenters. The van der Waals surface area contributed by atoms with Crippen LogP contribution >= 0.6 is 0 Å². The standard InChI is InChI=1S/C21H17N3O.BrH/c1-24-19-5-3-2-4-17(19)16-11-10-15(23)12-18(16)20(24)21(25)13-6-8-14(22)9-7-13;/h2-12H,1H3,(H3-,22,23,25);1H. The molecule has 1 aromatic heterocycles. The lowest BCUT2D eigenvalue weighted by atomic mass is 9.98. The Bertz CT molecular complexity index is 1140. The lowest BCUT2D eigenvalue weighted by molar-refractivity contribution is -0.645. The number of nitrogens with zero attached hydrogens (tertiary/aromatic N) is 1. The molecule has 0 saturated heterocycles. The molecule has 1 heterocycles. The average molecular weight is 408 g/mol. The molecule has 0 spiro atoms. The number of nitrogens with two attached hydrogens (primary N) is 2. The number of aromatic nitrogens is 1.